The quantitative estimate of drug-likeness (QED) is 0.327. The van der Waals surface area contributed by atoms with E-state index in [0.29, 0.717) is 56.2 Å². The second kappa shape index (κ2) is 9.45. The highest BCUT2D eigenvalue weighted by Gasteiger charge is 2.32. The summed E-state index contributed by atoms with van der Waals surface area (Å²) in [6, 6.07) is 6.86. The third kappa shape index (κ3) is 4.38. The molecule has 1 atom stereocenters. The van der Waals surface area contributed by atoms with E-state index in [2.05, 4.69) is 15.5 Å². The van der Waals surface area contributed by atoms with Gasteiger partial charge in [0.2, 0.25) is 0 Å². The summed E-state index contributed by atoms with van der Waals surface area (Å²) in [6.07, 6.45) is -0.314. The minimum atomic E-state index is -1.07. The van der Waals surface area contributed by atoms with Gasteiger partial charge in [-0.25, -0.2) is 13.2 Å². The lowest BCUT2D eigenvalue weighted by Crippen LogP contribution is -2.10. The van der Waals surface area contributed by atoms with Gasteiger partial charge in [0.05, 0.1) is 18.7 Å². The molecule has 37 heavy (non-hydrogen) atoms. The Morgan fingerprint density at radius 3 is 2.41 bits per heavy atom. The van der Waals surface area contributed by atoms with Crippen molar-refractivity contribution in [3.8, 4) is 5.00 Å². The van der Waals surface area contributed by atoms with Crippen LogP contribution in [0.2, 0.25) is 0 Å². The number of fused-ring (bicyclic) bond motifs is 3. The summed E-state index contributed by atoms with van der Waals surface area (Å²) in [5, 5.41) is 31.1. The Balaban J connectivity index is 1.61. The first-order valence-electron chi connectivity index (χ1n) is 11.1. The van der Waals surface area contributed by atoms with Crippen LogP contribution in [0.25, 0.3) is 5.00 Å². The summed E-state index contributed by atoms with van der Waals surface area (Å²) in [5.74, 6) is -3.28. The van der Waals surface area contributed by atoms with Gasteiger partial charge in [0.25, 0.3) is 0 Å². The van der Waals surface area contributed by atoms with E-state index in [1.54, 1.807) is 35.8 Å². The minimum Gasteiger partial charge on any atom is -0.481 e. The molecule has 0 amide bonds. The van der Waals surface area contributed by atoms with Gasteiger partial charge in [0.15, 0.2) is 17.5 Å². The fraction of sp³-hybridized carbons (Fsp3) is 0.200. The predicted molar refractivity (Wildman–Crippen MR) is 131 cm³/mol. The van der Waals surface area contributed by atoms with Crippen LogP contribution < -0.4 is 5.32 Å². The number of carboxylic acids is 1. The average Bonchev–Trinajstić information content (AvgIpc) is 3.34. The third-order valence-corrected chi connectivity index (χ3v) is 7.31. The molecular weight excluding hydrogens is 507 g/mol. The van der Waals surface area contributed by atoms with Crippen molar-refractivity contribution < 1.29 is 28.2 Å². The molecule has 5 rings (SSSR count). The SMILES string of the molecule is Cc1c(CO)sc2c1C(c1ccc(Nc3c(F)cc(F)cc3F)cc1)=N[C@@H](CC(=O)O)c1nnc(C)n1-2. The predicted octanol–water partition coefficient (Wildman–Crippen LogP) is 4.97. The average molecular weight is 528 g/mol. The van der Waals surface area contributed by atoms with E-state index in [0.717, 1.165) is 5.56 Å². The van der Waals surface area contributed by atoms with Crippen molar-refractivity contribution in [1.82, 2.24) is 14.8 Å². The van der Waals surface area contributed by atoms with Crippen LogP contribution in [0.15, 0.2) is 41.4 Å². The highest BCUT2D eigenvalue weighted by Crippen LogP contribution is 2.40. The minimum absolute atomic E-state index is 0.191. The van der Waals surface area contributed by atoms with Crippen molar-refractivity contribution in [3.63, 3.8) is 0 Å². The first-order valence-corrected chi connectivity index (χ1v) is 12.0. The van der Waals surface area contributed by atoms with Crippen LogP contribution >= 0.6 is 11.3 Å². The molecule has 1 aliphatic rings. The van der Waals surface area contributed by atoms with Gasteiger partial charge in [-0.2, -0.15) is 0 Å². The number of aliphatic hydroxyl groups excluding tert-OH is 1. The number of hydrogen-bond donors (Lipinski definition) is 3. The van der Waals surface area contributed by atoms with Crippen LogP contribution in [0.3, 0.4) is 0 Å². The van der Waals surface area contributed by atoms with Crippen LogP contribution in [0, 0.1) is 31.3 Å². The Bertz CT molecular complexity index is 1540. The van der Waals surface area contributed by atoms with Crippen molar-refractivity contribution in [2.24, 2.45) is 4.99 Å². The number of aromatic nitrogens is 3. The molecule has 0 unspecified atom stereocenters. The maximum atomic E-state index is 14.1. The maximum absolute atomic E-state index is 14.1. The topological polar surface area (TPSA) is 113 Å². The smallest absolute Gasteiger partial charge is 0.306 e. The fourth-order valence-corrected chi connectivity index (χ4v) is 5.52. The van der Waals surface area contributed by atoms with Crippen molar-refractivity contribution in [2.45, 2.75) is 32.9 Å². The summed E-state index contributed by atoms with van der Waals surface area (Å²) in [7, 11) is 0. The Morgan fingerprint density at radius 1 is 1.11 bits per heavy atom. The lowest BCUT2D eigenvalue weighted by Gasteiger charge is -2.13. The number of aliphatic carboxylic acids is 1. The molecule has 3 N–H and O–H groups in total. The number of thiophene rings is 1. The summed E-state index contributed by atoms with van der Waals surface area (Å²) in [6.45, 7) is 3.41. The number of nitrogens with zero attached hydrogens (tertiary/aromatic N) is 4. The van der Waals surface area contributed by atoms with Crippen LogP contribution in [0.4, 0.5) is 24.5 Å². The molecule has 190 valence electrons. The van der Waals surface area contributed by atoms with Crippen molar-refractivity contribution in [1.29, 1.82) is 0 Å². The van der Waals surface area contributed by atoms with Gasteiger partial charge in [0.1, 0.15) is 28.4 Å². The third-order valence-electron chi connectivity index (χ3n) is 6.05. The molecule has 8 nitrogen and oxygen atoms in total. The molecule has 1 aliphatic heterocycles. The Kier molecular flexibility index (Phi) is 6.30. The van der Waals surface area contributed by atoms with Crippen LogP contribution in [-0.4, -0.2) is 36.7 Å². The highest BCUT2D eigenvalue weighted by atomic mass is 32.1. The maximum Gasteiger partial charge on any atom is 0.306 e. The highest BCUT2D eigenvalue weighted by molar-refractivity contribution is 7.15. The normalized spacial score (nSPS) is 14.5. The summed E-state index contributed by atoms with van der Waals surface area (Å²) < 4.78 is 43.2. The number of carboxylic acid groups (broad SMARTS) is 1. The van der Waals surface area contributed by atoms with Crippen molar-refractivity contribution in [2.75, 3.05) is 5.32 Å². The van der Waals surface area contributed by atoms with Crippen molar-refractivity contribution >= 4 is 34.4 Å². The van der Waals surface area contributed by atoms with Gasteiger partial charge in [-0.1, -0.05) is 12.1 Å². The molecule has 0 fully saturated rings. The molecule has 0 saturated carbocycles. The number of aliphatic imine (C=N–C) groups is 1. The Hall–Kier alpha value is -4.03. The van der Waals surface area contributed by atoms with E-state index in [1.807, 2.05) is 6.92 Å². The molecule has 2 aromatic carbocycles. The lowest BCUT2D eigenvalue weighted by molar-refractivity contribution is -0.137. The second-order valence-electron chi connectivity index (χ2n) is 8.47. The van der Waals surface area contributed by atoms with E-state index in [9.17, 15) is 28.2 Å². The molecule has 12 heteroatoms. The second-order valence-corrected chi connectivity index (χ2v) is 9.55. The van der Waals surface area contributed by atoms with Gasteiger partial charge in [0, 0.05) is 33.8 Å². The molecule has 0 saturated heterocycles. The van der Waals surface area contributed by atoms with Gasteiger partial charge in [-0.05, 0) is 31.5 Å². The zero-order valence-electron chi connectivity index (χ0n) is 19.6. The molecular formula is C25H20F3N5O3S. The van der Waals surface area contributed by atoms with Crippen LogP contribution in [0.5, 0.6) is 0 Å². The Labute approximate surface area is 212 Å². The van der Waals surface area contributed by atoms with Crippen molar-refractivity contribution in [3.05, 3.63) is 87.1 Å². The zero-order chi connectivity index (χ0) is 26.4. The van der Waals surface area contributed by atoms with Gasteiger partial charge >= 0.3 is 5.97 Å². The number of aliphatic hydroxyl groups is 1. The number of carbonyl (C=O) groups is 1. The number of aryl methyl sites for hydroxylation is 1. The number of hydrogen-bond acceptors (Lipinski definition) is 7. The van der Waals surface area contributed by atoms with E-state index in [4.69, 9.17) is 4.99 Å². The standard InChI is InChI=1S/C25H20F3N5O3S/c1-11-19(10-34)37-25-21(11)22(30-18(9-20(35)36)24-32-31-12(2)33(24)25)13-3-5-15(6-4-13)29-23-16(27)7-14(26)8-17(23)28/h3-8,18,29,34H,9-10H2,1-2H3,(H,35,36)/t18-/m0/s1. The summed E-state index contributed by atoms with van der Waals surface area (Å²) in [5.41, 5.74) is 2.46. The molecule has 3 heterocycles. The lowest BCUT2D eigenvalue weighted by atomic mass is 9.99. The molecule has 0 aliphatic carbocycles. The van der Waals surface area contributed by atoms with Gasteiger partial charge in [-0.15, -0.1) is 21.5 Å². The molecule has 4 aromatic rings. The molecule has 0 radical (unpaired) electrons. The fourth-order valence-electron chi connectivity index (χ4n) is 4.29. The molecule has 2 aromatic heterocycles. The number of anilines is 2. The van der Waals surface area contributed by atoms with E-state index >= 15 is 0 Å². The summed E-state index contributed by atoms with van der Waals surface area (Å²) >= 11 is 1.34. The van der Waals surface area contributed by atoms with E-state index in [-0.39, 0.29) is 13.0 Å². The van der Waals surface area contributed by atoms with Crippen LogP contribution in [-0.2, 0) is 11.4 Å². The largest absolute Gasteiger partial charge is 0.481 e. The van der Waals surface area contributed by atoms with Gasteiger partial charge in [-0.3, -0.25) is 14.4 Å². The zero-order valence-corrected chi connectivity index (χ0v) is 20.4. The van der Waals surface area contributed by atoms with Crippen LogP contribution in [0.1, 0.15) is 45.7 Å². The first kappa shape index (κ1) is 24.7. The summed E-state index contributed by atoms with van der Waals surface area (Å²) in [4.78, 5) is 17.2. The monoisotopic (exact) mass is 527 g/mol. The number of halogens is 3. The molecule has 0 bridgehead atoms. The Morgan fingerprint density at radius 2 is 1.78 bits per heavy atom. The number of nitrogens with one attached hydrogen (secondary N) is 1. The first-order chi connectivity index (χ1) is 17.7. The molecule has 0 spiro atoms. The van der Waals surface area contributed by atoms with E-state index < -0.39 is 35.2 Å². The number of rotatable bonds is 6. The van der Waals surface area contributed by atoms with E-state index in [1.165, 1.54) is 11.3 Å². The number of benzene rings is 2. The van der Waals surface area contributed by atoms with Gasteiger partial charge < -0.3 is 15.5 Å².